The van der Waals surface area contributed by atoms with E-state index < -0.39 is 29.3 Å². The molecule has 2 amide bonds. The van der Waals surface area contributed by atoms with Crippen molar-refractivity contribution in [1.29, 1.82) is 0 Å². The fraction of sp³-hybridized carbons (Fsp3) is 0.438. The van der Waals surface area contributed by atoms with Crippen LogP contribution in [0.4, 0.5) is 4.39 Å². The Morgan fingerprint density at radius 3 is 2.54 bits per heavy atom. The number of nitrogens with zero attached hydrogens (tertiary/aromatic N) is 1. The number of amides is 2. The van der Waals surface area contributed by atoms with Crippen LogP contribution in [0.3, 0.4) is 0 Å². The molecule has 2 rings (SSSR count). The predicted octanol–water partition coefficient (Wildman–Crippen LogP) is 1.95. The number of nitrogens with one attached hydrogen (secondary N) is 1. The van der Waals surface area contributed by atoms with Crippen LogP contribution in [0.5, 0.6) is 0 Å². The summed E-state index contributed by atoms with van der Waals surface area (Å²) in [6.07, 6.45) is 0. The van der Waals surface area contributed by atoms with Crippen molar-refractivity contribution in [2.24, 2.45) is 0 Å². The van der Waals surface area contributed by atoms with Gasteiger partial charge in [0.1, 0.15) is 11.9 Å². The molecule has 0 radical (unpaired) electrons. The van der Waals surface area contributed by atoms with Crippen molar-refractivity contribution >= 4 is 29.5 Å². The van der Waals surface area contributed by atoms with E-state index in [9.17, 15) is 18.8 Å². The number of hydrogen-bond acceptors (Lipinski definition) is 4. The molecular formula is C16H19FN2O4S. The first-order chi connectivity index (χ1) is 11.1. The van der Waals surface area contributed by atoms with Crippen molar-refractivity contribution in [3.05, 3.63) is 35.1 Å². The second-order valence-electron chi connectivity index (χ2n) is 6.53. The van der Waals surface area contributed by atoms with Gasteiger partial charge in [0, 0.05) is 11.3 Å². The lowest BCUT2D eigenvalue weighted by Gasteiger charge is -2.27. The quantitative estimate of drug-likeness (QED) is 0.866. The molecule has 0 saturated carbocycles. The van der Waals surface area contributed by atoms with Crippen LogP contribution < -0.4 is 5.32 Å². The number of carbonyl (C=O) groups is 3. The van der Waals surface area contributed by atoms with E-state index in [1.807, 2.05) is 20.8 Å². The monoisotopic (exact) mass is 354 g/mol. The molecule has 0 bridgehead atoms. The number of thioether (sulfide) groups is 1. The van der Waals surface area contributed by atoms with Gasteiger partial charge in [0.2, 0.25) is 5.91 Å². The fourth-order valence-electron chi connectivity index (χ4n) is 2.29. The number of hydrogen-bond donors (Lipinski definition) is 2. The molecular weight excluding hydrogens is 335 g/mol. The highest BCUT2D eigenvalue weighted by Gasteiger charge is 2.37. The summed E-state index contributed by atoms with van der Waals surface area (Å²) in [7, 11) is 0. The summed E-state index contributed by atoms with van der Waals surface area (Å²) >= 11 is 1.41. The van der Waals surface area contributed by atoms with Crippen LogP contribution in [-0.2, 0) is 4.79 Å². The maximum Gasteiger partial charge on any atom is 0.335 e. The maximum atomic E-state index is 14.1. The number of benzene rings is 1. The number of carboxylic acid groups (broad SMARTS) is 1. The van der Waals surface area contributed by atoms with E-state index in [0.29, 0.717) is 5.75 Å². The van der Waals surface area contributed by atoms with Crippen molar-refractivity contribution in [3.8, 4) is 0 Å². The smallest absolute Gasteiger partial charge is 0.335 e. The standard InChI is InChI=1S/C16H19FN2O4S/c1-16(2,3)18-13(20)12-7-24-8-19(12)14(21)10-5-4-9(15(22)23)6-11(10)17/h4-6,12H,7-8H2,1-3H3,(H,18,20)(H,22,23). The van der Waals surface area contributed by atoms with E-state index in [0.717, 1.165) is 12.1 Å². The van der Waals surface area contributed by atoms with Crippen LogP contribution in [0.2, 0.25) is 0 Å². The molecule has 0 spiro atoms. The summed E-state index contributed by atoms with van der Waals surface area (Å²) < 4.78 is 14.1. The van der Waals surface area contributed by atoms with Gasteiger partial charge in [-0.15, -0.1) is 11.8 Å². The second kappa shape index (κ2) is 6.80. The SMILES string of the molecule is CC(C)(C)NC(=O)C1CSCN1C(=O)c1ccc(C(=O)O)cc1F. The van der Waals surface area contributed by atoms with Crippen LogP contribution in [0.15, 0.2) is 18.2 Å². The third-order valence-corrected chi connectivity index (χ3v) is 4.40. The molecule has 2 N–H and O–H groups in total. The minimum atomic E-state index is -1.27. The van der Waals surface area contributed by atoms with Crippen molar-refractivity contribution < 1.29 is 23.9 Å². The summed E-state index contributed by atoms with van der Waals surface area (Å²) in [6, 6.07) is 2.44. The Hall–Kier alpha value is -2.09. The van der Waals surface area contributed by atoms with Gasteiger partial charge in [0.05, 0.1) is 17.0 Å². The van der Waals surface area contributed by atoms with Crippen LogP contribution in [0.1, 0.15) is 41.5 Å². The lowest BCUT2D eigenvalue weighted by Crippen LogP contribution is -2.52. The molecule has 1 heterocycles. The van der Waals surface area contributed by atoms with Crippen molar-refractivity contribution in [2.45, 2.75) is 32.4 Å². The Kier molecular flexibility index (Phi) is 5.17. The third kappa shape index (κ3) is 4.05. The first kappa shape index (κ1) is 18.3. The van der Waals surface area contributed by atoms with E-state index in [2.05, 4.69) is 5.32 Å². The zero-order valence-electron chi connectivity index (χ0n) is 13.6. The maximum absolute atomic E-state index is 14.1. The minimum absolute atomic E-state index is 0.234. The van der Waals surface area contributed by atoms with E-state index in [1.54, 1.807) is 0 Å². The van der Waals surface area contributed by atoms with Gasteiger partial charge in [-0.05, 0) is 39.0 Å². The molecule has 1 aliphatic heterocycles. The van der Waals surface area contributed by atoms with Gasteiger partial charge in [0.15, 0.2) is 0 Å². The predicted molar refractivity (Wildman–Crippen MR) is 88.5 cm³/mol. The molecule has 1 unspecified atom stereocenters. The molecule has 0 aromatic heterocycles. The Morgan fingerprint density at radius 2 is 2.00 bits per heavy atom. The van der Waals surface area contributed by atoms with Crippen molar-refractivity contribution in [3.63, 3.8) is 0 Å². The highest BCUT2D eigenvalue weighted by Crippen LogP contribution is 2.25. The highest BCUT2D eigenvalue weighted by atomic mass is 32.2. The molecule has 6 nitrogen and oxygen atoms in total. The zero-order chi connectivity index (χ0) is 18.1. The van der Waals surface area contributed by atoms with E-state index >= 15 is 0 Å². The molecule has 1 saturated heterocycles. The van der Waals surface area contributed by atoms with Crippen LogP contribution in [0.25, 0.3) is 0 Å². The molecule has 0 aliphatic carbocycles. The molecule has 1 atom stereocenters. The lowest BCUT2D eigenvalue weighted by atomic mass is 10.1. The Balaban J connectivity index is 2.22. The second-order valence-corrected chi connectivity index (χ2v) is 7.53. The Bertz CT molecular complexity index is 687. The molecule has 8 heteroatoms. The molecule has 1 aromatic carbocycles. The first-order valence-electron chi connectivity index (χ1n) is 7.34. The molecule has 1 fully saturated rings. The molecule has 130 valence electrons. The number of carboxylic acids is 1. The van der Waals surface area contributed by atoms with Gasteiger partial charge in [0.25, 0.3) is 5.91 Å². The average Bonchev–Trinajstić information content (AvgIpc) is 2.94. The Labute approximate surface area is 143 Å². The molecule has 1 aliphatic rings. The van der Waals surface area contributed by atoms with E-state index in [1.165, 1.54) is 22.7 Å². The summed E-state index contributed by atoms with van der Waals surface area (Å²) in [6.45, 7) is 5.51. The lowest BCUT2D eigenvalue weighted by molar-refractivity contribution is -0.125. The minimum Gasteiger partial charge on any atom is -0.478 e. The highest BCUT2D eigenvalue weighted by molar-refractivity contribution is 7.99. The summed E-state index contributed by atoms with van der Waals surface area (Å²) in [5.41, 5.74) is -0.911. The third-order valence-electron chi connectivity index (χ3n) is 3.39. The number of halogens is 1. The van der Waals surface area contributed by atoms with Gasteiger partial charge in [-0.3, -0.25) is 9.59 Å². The van der Waals surface area contributed by atoms with Crippen LogP contribution in [-0.4, -0.2) is 51.0 Å². The number of carbonyl (C=O) groups excluding carboxylic acids is 2. The zero-order valence-corrected chi connectivity index (χ0v) is 14.4. The summed E-state index contributed by atoms with van der Waals surface area (Å²) in [5, 5.41) is 11.7. The van der Waals surface area contributed by atoms with Crippen LogP contribution in [0, 0.1) is 5.82 Å². The van der Waals surface area contributed by atoms with Crippen molar-refractivity contribution in [1.82, 2.24) is 10.2 Å². The van der Waals surface area contributed by atoms with Crippen LogP contribution >= 0.6 is 11.8 Å². The van der Waals surface area contributed by atoms with Gasteiger partial charge in [-0.1, -0.05) is 0 Å². The van der Waals surface area contributed by atoms with Gasteiger partial charge in [-0.25, -0.2) is 9.18 Å². The number of rotatable bonds is 3. The topological polar surface area (TPSA) is 86.7 Å². The fourth-order valence-corrected chi connectivity index (χ4v) is 3.44. The van der Waals surface area contributed by atoms with Gasteiger partial charge in [-0.2, -0.15) is 0 Å². The summed E-state index contributed by atoms with van der Waals surface area (Å²) in [4.78, 5) is 37.1. The van der Waals surface area contributed by atoms with Crippen molar-refractivity contribution in [2.75, 3.05) is 11.6 Å². The normalized spacial score (nSPS) is 17.7. The Morgan fingerprint density at radius 1 is 1.33 bits per heavy atom. The number of aromatic carboxylic acids is 1. The van der Waals surface area contributed by atoms with E-state index in [4.69, 9.17) is 5.11 Å². The summed E-state index contributed by atoms with van der Waals surface area (Å²) in [5.74, 6) is -2.38. The van der Waals surface area contributed by atoms with Gasteiger partial charge < -0.3 is 15.3 Å². The van der Waals surface area contributed by atoms with E-state index in [-0.39, 0.29) is 22.9 Å². The first-order valence-corrected chi connectivity index (χ1v) is 8.49. The largest absolute Gasteiger partial charge is 0.478 e. The van der Waals surface area contributed by atoms with Gasteiger partial charge >= 0.3 is 5.97 Å². The molecule has 1 aromatic rings. The molecule has 24 heavy (non-hydrogen) atoms. The average molecular weight is 354 g/mol.